The molecule has 0 saturated heterocycles. The Labute approximate surface area is 70.0 Å². The second-order valence-electron chi connectivity index (χ2n) is 1.97. The smallest absolute Gasteiger partial charge is 0.307 e. The summed E-state index contributed by atoms with van der Waals surface area (Å²) in [6, 6.07) is 8.76. The molecule has 0 spiro atoms. The van der Waals surface area contributed by atoms with Gasteiger partial charge in [-0.25, -0.2) is 5.50 Å². The summed E-state index contributed by atoms with van der Waals surface area (Å²) in [5, 5.41) is 0. The van der Waals surface area contributed by atoms with Gasteiger partial charge in [0, 0.05) is 0 Å². The van der Waals surface area contributed by atoms with Gasteiger partial charge in [-0.05, 0) is 23.9 Å². The molecule has 0 radical (unpaired) electrons. The molecular weight excluding hydrogens is 181 g/mol. The molecule has 1 unspecified atom stereocenters. The molecule has 0 bridgehead atoms. The fourth-order valence-electron chi connectivity index (χ4n) is 0.632. The molecule has 60 valence electrons. The normalized spacial score (nSPS) is 15.5. The van der Waals surface area contributed by atoms with E-state index in [9.17, 15) is 0 Å². The van der Waals surface area contributed by atoms with Gasteiger partial charge in [-0.15, -0.1) is 0 Å². The highest BCUT2D eigenvalue weighted by Gasteiger charge is 2.05. The number of rotatable bonds is 2. The summed E-state index contributed by atoms with van der Waals surface area (Å²) in [6.07, 6.45) is 0. The van der Waals surface area contributed by atoms with Gasteiger partial charge in [0.1, 0.15) is 5.75 Å². The van der Waals surface area contributed by atoms with Crippen LogP contribution in [0.3, 0.4) is 0 Å². The zero-order chi connectivity index (χ0) is 8.32. The number of hydrogen-bond donors (Lipinski definition) is 2. The van der Waals surface area contributed by atoms with E-state index < -0.39 is 6.64 Å². The Balaban J connectivity index is 2.74. The lowest BCUT2D eigenvalue weighted by atomic mass is 10.3. The summed E-state index contributed by atoms with van der Waals surface area (Å²) in [5.74, 6) is 0.501. The third-order valence-electron chi connectivity index (χ3n) is 0.979. The van der Waals surface area contributed by atoms with Crippen LogP contribution < -0.4 is 10.0 Å². The van der Waals surface area contributed by atoms with Crippen LogP contribution in [-0.4, -0.2) is 4.89 Å². The minimum Gasteiger partial charge on any atom is -0.433 e. The summed E-state index contributed by atoms with van der Waals surface area (Å²) >= 11 is 4.49. The Kier molecular flexibility index (Phi) is 2.62. The number of hydrogen-bond acceptors (Lipinski definition) is 2. The predicted octanol–water partition coefficient (Wildman–Crippen LogP) is 1.24. The first-order valence-corrected chi connectivity index (χ1v) is 5.68. The minimum absolute atomic E-state index is 0.501. The van der Waals surface area contributed by atoms with Crippen LogP contribution in [0.4, 0.5) is 0 Å². The fraction of sp³-hybridized carbons (Fsp3) is 0. The van der Waals surface area contributed by atoms with Gasteiger partial charge in [0.25, 0.3) is 0 Å². The van der Waals surface area contributed by atoms with Crippen LogP contribution in [0.25, 0.3) is 0 Å². The Morgan fingerprint density at radius 3 is 2.36 bits per heavy atom. The van der Waals surface area contributed by atoms with Crippen molar-refractivity contribution in [3.05, 3.63) is 30.3 Å². The van der Waals surface area contributed by atoms with E-state index in [2.05, 4.69) is 11.8 Å². The largest absolute Gasteiger partial charge is 0.433 e. The molecule has 1 rings (SSSR count). The third kappa shape index (κ3) is 3.49. The average molecular weight is 189 g/mol. The van der Waals surface area contributed by atoms with Gasteiger partial charge in [-0.3, -0.25) is 0 Å². The van der Waals surface area contributed by atoms with Crippen molar-refractivity contribution in [1.29, 1.82) is 0 Å². The number of benzene rings is 1. The lowest BCUT2D eigenvalue weighted by Crippen LogP contribution is -1.99. The molecule has 0 aliphatic heterocycles. The fourth-order valence-corrected chi connectivity index (χ4v) is 1.31. The van der Waals surface area contributed by atoms with E-state index in [-0.39, 0.29) is 0 Å². The molecule has 3 nitrogen and oxygen atoms in total. The first-order valence-electron chi connectivity index (χ1n) is 2.94. The summed E-state index contributed by atoms with van der Waals surface area (Å²) in [4.78, 5) is 8.95. The van der Waals surface area contributed by atoms with Gasteiger partial charge in [-0.1, -0.05) is 18.2 Å². The Hall–Kier alpha value is -0.410. The molecule has 1 aromatic rings. The standard InChI is InChI=1S/C6H8NO2PS/c7-10(8,11)9-6-4-2-1-3-5-6/h1-5H,(H3,7,8,11). The number of para-hydroxylation sites is 1. The molecule has 5 heteroatoms. The molecule has 1 aromatic carbocycles. The van der Waals surface area contributed by atoms with Crippen LogP contribution in [-0.2, 0) is 11.8 Å². The zero-order valence-corrected chi connectivity index (χ0v) is 7.39. The van der Waals surface area contributed by atoms with E-state index >= 15 is 0 Å². The second kappa shape index (κ2) is 3.32. The van der Waals surface area contributed by atoms with Crippen molar-refractivity contribution >= 4 is 18.4 Å². The van der Waals surface area contributed by atoms with Gasteiger partial charge in [0.15, 0.2) is 0 Å². The highest BCUT2D eigenvalue weighted by Crippen LogP contribution is 2.33. The maximum atomic E-state index is 8.95. The molecule has 0 amide bonds. The topological polar surface area (TPSA) is 55.5 Å². The SMILES string of the molecule is NP(O)(=S)Oc1ccccc1. The van der Waals surface area contributed by atoms with Gasteiger partial charge in [0.05, 0.1) is 0 Å². The first-order chi connectivity index (χ1) is 5.08. The number of nitrogens with two attached hydrogens (primary N) is 1. The van der Waals surface area contributed by atoms with Crippen molar-refractivity contribution in [2.75, 3.05) is 0 Å². The molecule has 0 heterocycles. The highest BCUT2D eigenvalue weighted by atomic mass is 32.5. The highest BCUT2D eigenvalue weighted by molar-refractivity contribution is 8.08. The summed E-state index contributed by atoms with van der Waals surface area (Å²) < 4.78 is 4.86. The van der Waals surface area contributed by atoms with Crippen molar-refractivity contribution in [2.45, 2.75) is 0 Å². The van der Waals surface area contributed by atoms with Crippen LogP contribution in [0, 0.1) is 0 Å². The van der Waals surface area contributed by atoms with E-state index in [0.717, 1.165) is 0 Å². The van der Waals surface area contributed by atoms with Crippen molar-refractivity contribution in [3.63, 3.8) is 0 Å². The van der Waals surface area contributed by atoms with E-state index in [4.69, 9.17) is 14.9 Å². The van der Waals surface area contributed by atoms with Gasteiger partial charge < -0.3 is 9.42 Å². The molecule has 0 fully saturated rings. The predicted molar refractivity (Wildman–Crippen MR) is 47.8 cm³/mol. The van der Waals surface area contributed by atoms with Gasteiger partial charge >= 0.3 is 6.64 Å². The average Bonchev–Trinajstić information content (AvgIpc) is 1.85. The summed E-state index contributed by atoms with van der Waals surface area (Å²) in [5.41, 5.74) is 5.13. The lowest BCUT2D eigenvalue weighted by Gasteiger charge is -2.10. The molecule has 3 N–H and O–H groups in total. The minimum atomic E-state index is -3.05. The van der Waals surface area contributed by atoms with Crippen LogP contribution >= 0.6 is 6.64 Å². The quantitative estimate of drug-likeness (QED) is 0.687. The lowest BCUT2D eigenvalue weighted by molar-refractivity contribution is 0.484. The van der Waals surface area contributed by atoms with E-state index in [0.29, 0.717) is 5.75 Å². The molecule has 0 aromatic heterocycles. The first kappa shape index (κ1) is 8.68. The molecule has 0 aliphatic carbocycles. The monoisotopic (exact) mass is 189 g/mol. The second-order valence-corrected chi connectivity index (χ2v) is 4.85. The Morgan fingerprint density at radius 2 is 1.91 bits per heavy atom. The van der Waals surface area contributed by atoms with Crippen molar-refractivity contribution < 1.29 is 9.42 Å². The van der Waals surface area contributed by atoms with Gasteiger partial charge in [-0.2, -0.15) is 0 Å². The maximum Gasteiger partial charge on any atom is 0.307 e. The molecular formula is C6H8NO2PS. The van der Waals surface area contributed by atoms with Crippen molar-refractivity contribution in [1.82, 2.24) is 0 Å². The van der Waals surface area contributed by atoms with Gasteiger partial charge in [0.2, 0.25) is 0 Å². The van der Waals surface area contributed by atoms with Crippen LogP contribution in [0.2, 0.25) is 0 Å². The third-order valence-corrected chi connectivity index (χ3v) is 1.68. The van der Waals surface area contributed by atoms with Crippen LogP contribution in [0.1, 0.15) is 0 Å². The molecule has 0 saturated carbocycles. The van der Waals surface area contributed by atoms with Crippen LogP contribution in [0.15, 0.2) is 30.3 Å². The molecule has 0 aliphatic rings. The van der Waals surface area contributed by atoms with E-state index in [1.54, 1.807) is 24.3 Å². The van der Waals surface area contributed by atoms with Crippen LogP contribution in [0.5, 0.6) is 5.75 Å². The maximum absolute atomic E-state index is 8.95. The molecule has 11 heavy (non-hydrogen) atoms. The van der Waals surface area contributed by atoms with Crippen molar-refractivity contribution in [3.8, 4) is 5.75 Å². The van der Waals surface area contributed by atoms with E-state index in [1.807, 2.05) is 6.07 Å². The summed E-state index contributed by atoms with van der Waals surface area (Å²) in [6.45, 7) is -3.05. The van der Waals surface area contributed by atoms with E-state index in [1.165, 1.54) is 0 Å². The Morgan fingerprint density at radius 1 is 1.36 bits per heavy atom. The summed E-state index contributed by atoms with van der Waals surface area (Å²) in [7, 11) is 0. The zero-order valence-electron chi connectivity index (χ0n) is 5.68. The molecule has 1 atom stereocenters. The van der Waals surface area contributed by atoms with Crippen molar-refractivity contribution in [2.24, 2.45) is 5.50 Å². The Bertz CT molecular complexity index is 271.